The zero-order valence-corrected chi connectivity index (χ0v) is 21.0. The number of thioether (sulfide) groups is 1. The molecule has 3 aromatic rings. The monoisotopic (exact) mass is 553 g/mol. The Balaban J connectivity index is 0.00000341. The van der Waals surface area contributed by atoms with Gasteiger partial charge in [0, 0.05) is 37.8 Å². The van der Waals surface area contributed by atoms with Crippen molar-refractivity contribution in [1.82, 2.24) is 20.2 Å². The molecular weight excluding hydrogens is 524 g/mol. The van der Waals surface area contributed by atoms with Gasteiger partial charge < -0.3 is 15.2 Å². The van der Waals surface area contributed by atoms with Crippen molar-refractivity contribution in [3.63, 3.8) is 0 Å². The van der Waals surface area contributed by atoms with E-state index in [1.165, 1.54) is 11.6 Å². The van der Waals surface area contributed by atoms with E-state index < -0.39 is 0 Å². The van der Waals surface area contributed by atoms with Crippen LogP contribution in [0.25, 0.3) is 0 Å². The summed E-state index contributed by atoms with van der Waals surface area (Å²) in [6.45, 7) is 4.78. The van der Waals surface area contributed by atoms with Gasteiger partial charge in [-0.1, -0.05) is 30.3 Å². The highest BCUT2D eigenvalue weighted by molar-refractivity contribution is 14.0. The van der Waals surface area contributed by atoms with Gasteiger partial charge in [0.25, 0.3) is 0 Å². The Morgan fingerprint density at radius 3 is 2.71 bits per heavy atom. The molecule has 0 bridgehead atoms. The average Bonchev–Trinajstić information content (AvgIpc) is 3.25. The first-order valence-electron chi connectivity index (χ1n) is 10.00. The van der Waals surface area contributed by atoms with E-state index in [9.17, 15) is 4.39 Å². The number of aromatic nitrogens is 2. The van der Waals surface area contributed by atoms with E-state index in [4.69, 9.17) is 4.99 Å². The lowest BCUT2D eigenvalue weighted by molar-refractivity contribution is 0.625. The highest BCUT2D eigenvalue weighted by Crippen LogP contribution is 2.16. The minimum Gasteiger partial charge on any atom is -0.357 e. The van der Waals surface area contributed by atoms with Crippen molar-refractivity contribution in [3.8, 4) is 0 Å². The Labute approximate surface area is 205 Å². The zero-order valence-electron chi connectivity index (χ0n) is 17.8. The van der Waals surface area contributed by atoms with Crippen LogP contribution in [0.4, 0.5) is 4.39 Å². The van der Waals surface area contributed by atoms with Crippen molar-refractivity contribution < 1.29 is 4.39 Å². The Kier molecular flexibility index (Phi) is 10.9. The molecule has 3 rings (SSSR count). The van der Waals surface area contributed by atoms with Gasteiger partial charge in [0.1, 0.15) is 5.82 Å². The van der Waals surface area contributed by atoms with Gasteiger partial charge in [0.15, 0.2) is 5.96 Å². The molecule has 0 spiro atoms. The van der Waals surface area contributed by atoms with E-state index in [-0.39, 0.29) is 29.8 Å². The largest absolute Gasteiger partial charge is 0.357 e. The third-order valence-electron chi connectivity index (χ3n) is 4.59. The average molecular weight is 553 g/mol. The van der Waals surface area contributed by atoms with Crippen molar-refractivity contribution in [2.24, 2.45) is 4.99 Å². The number of imidazole rings is 1. The minimum atomic E-state index is -0.195. The maximum atomic E-state index is 13.6. The first-order chi connectivity index (χ1) is 14.7. The number of rotatable bonds is 9. The second kappa shape index (κ2) is 13.4. The Bertz CT molecular complexity index is 962. The summed E-state index contributed by atoms with van der Waals surface area (Å²) in [5.74, 6) is 1.34. The molecule has 2 aromatic carbocycles. The Hall–Kier alpha value is -2.07. The van der Waals surface area contributed by atoms with Crippen LogP contribution in [-0.4, -0.2) is 28.3 Å². The molecule has 0 atom stereocenters. The fourth-order valence-corrected chi connectivity index (χ4v) is 3.75. The van der Waals surface area contributed by atoms with Crippen LogP contribution in [0.1, 0.15) is 29.2 Å². The number of halogens is 2. The van der Waals surface area contributed by atoms with E-state index in [2.05, 4.69) is 39.9 Å². The summed E-state index contributed by atoms with van der Waals surface area (Å²) in [4.78, 5) is 8.82. The van der Waals surface area contributed by atoms with Crippen LogP contribution in [0.15, 0.2) is 66.2 Å². The van der Waals surface area contributed by atoms with Gasteiger partial charge in [-0.3, -0.25) is 0 Å². The molecule has 0 fully saturated rings. The molecule has 8 heteroatoms. The first-order valence-corrected chi connectivity index (χ1v) is 11.4. The van der Waals surface area contributed by atoms with Gasteiger partial charge in [-0.05, 0) is 47.6 Å². The summed E-state index contributed by atoms with van der Waals surface area (Å²) in [5, 5.41) is 6.66. The van der Waals surface area contributed by atoms with Gasteiger partial charge >= 0.3 is 0 Å². The fraction of sp³-hybridized carbons (Fsp3) is 0.304. The van der Waals surface area contributed by atoms with Gasteiger partial charge in [0.05, 0.1) is 12.9 Å². The molecule has 2 N–H and O–H groups in total. The van der Waals surface area contributed by atoms with Crippen molar-refractivity contribution in [2.75, 3.05) is 12.8 Å². The van der Waals surface area contributed by atoms with E-state index in [0.29, 0.717) is 13.1 Å². The Morgan fingerprint density at radius 2 is 1.97 bits per heavy atom. The molecule has 0 radical (unpaired) electrons. The molecule has 0 unspecified atom stereocenters. The molecule has 0 aliphatic rings. The predicted molar refractivity (Wildman–Crippen MR) is 138 cm³/mol. The number of hydrogen-bond acceptors (Lipinski definition) is 3. The zero-order chi connectivity index (χ0) is 21.2. The van der Waals surface area contributed by atoms with E-state index >= 15 is 0 Å². The normalized spacial score (nSPS) is 11.1. The molecule has 0 saturated carbocycles. The molecule has 1 heterocycles. The summed E-state index contributed by atoms with van der Waals surface area (Å²) in [7, 11) is 0. The first kappa shape index (κ1) is 25.2. The molecule has 166 valence electrons. The molecule has 0 aliphatic carbocycles. The van der Waals surface area contributed by atoms with Crippen LogP contribution in [0.2, 0.25) is 0 Å². The molecule has 1 aromatic heterocycles. The van der Waals surface area contributed by atoms with E-state index in [1.807, 2.05) is 36.3 Å². The van der Waals surface area contributed by atoms with Crippen LogP contribution in [0, 0.1) is 5.82 Å². The van der Waals surface area contributed by atoms with Crippen molar-refractivity contribution in [1.29, 1.82) is 0 Å². The van der Waals surface area contributed by atoms with Crippen LogP contribution in [-0.2, 0) is 25.4 Å². The summed E-state index contributed by atoms with van der Waals surface area (Å²) < 4.78 is 15.6. The molecule has 5 nitrogen and oxygen atoms in total. The van der Waals surface area contributed by atoms with Crippen LogP contribution in [0.3, 0.4) is 0 Å². The second-order valence-corrected chi connectivity index (χ2v) is 7.82. The van der Waals surface area contributed by atoms with E-state index in [0.717, 1.165) is 41.5 Å². The quantitative estimate of drug-likeness (QED) is 0.227. The predicted octanol–water partition coefficient (Wildman–Crippen LogP) is 4.81. The number of guanidine groups is 1. The van der Waals surface area contributed by atoms with Crippen LogP contribution in [0.5, 0.6) is 0 Å². The fourth-order valence-electron chi connectivity index (χ4n) is 3.17. The smallest absolute Gasteiger partial charge is 0.191 e. The number of hydrogen-bond donors (Lipinski definition) is 2. The maximum Gasteiger partial charge on any atom is 0.191 e. The van der Waals surface area contributed by atoms with Crippen LogP contribution >= 0.6 is 35.7 Å². The molecule has 0 amide bonds. The van der Waals surface area contributed by atoms with Crippen molar-refractivity contribution in [3.05, 3.63) is 89.3 Å². The second-order valence-electron chi connectivity index (χ2n) is 6.95. The van der Waals surface area contributed by atoms with Gasteiger partial charge in [-0.25, -0.2) is 14.4 Å². The van der Waals surface area contributed by atoms with Crippen molar-refractivity contribution >= 4 is 41.7 Å². The third-order valence-corrected chi connectivity index (χ3v) is 5.19. The standard InChI is InChI=1S/C23H28FN5S.HI/c1-3-26-23(28-14-20-7-8-22(24)12-21(20)16-30-2)27-13-18-5-4-6-19(11-18)15-29-10-9-25-17-29;/h4-12,17H,3,13-16H2,1-2H3,(H2,26,27,28);1H. The van der Waals surface area contributed by atoms with E-state index in [1.54, 1.807) is 24.0 Å². The number of nitrogens with one attached hydrogen (secondary N) is 2. The lowest BCUT2D eigenvalue weighted by Crippen LogP contribution is -2.37. The maximum absolute atomic E-state index is 13.6. The summed E-state index contributed by atoms with van der Waals surface area (Å²) in [5.41, 5.74) is 4.46. The highest BCUT2D eigenvalue weighted by Gasteiger charge is 2.06. The number of nitrogens with zero attached hydrogens (tertiary/aromatic N) is 3. The van der Waals surface area contributed by atoms with Gasteiger partial charge in [-0.15, -0.1) is 24.0 Å². The molecular formula is C23H29FIN5S. The Morgan fingerprint density at radius 1 is 1.13 bits per heavy atom. The lowest BCUT2D eigenvalue weighted by atomic mass is 10.1. The van der Waals surface area contributed by atoms with Crippen molar-refractivity contribution in [2.45, 2.75) is 32.3 Å². The molecule has 31 heavy (non-hydrogen) atoms. The summed E-state index contributed by atoms with van der Waals surface area (Å²) >= 11 is 1.69. The summed E-state index contributed by atoms with van der Waals surface area (Å²) in [6.07, 6.45) is 7.58. The topological polar surface area (TPSA) is 54.2 Å². The van der Waals surface area contributed by atoms with Crippen LogP contribution < -0.4 is 10.6 Å². The van der Waals surface area contributed by atoms with Gasteiger partial charge in [0.2, 0.25) is 0 Å². The third kappa shape index (κ3) is 8.17. The SMILES string of the molecule is CCNC(=NCc1cccc(Cn2ccnc2)c1)NCc1ccc(F)cc1CSC.I. The lowest BCUT2D eigenvalue weighted by Gasteiger charge is -2.14. The highest BCUT2D eigenvalue weighted by atomic mass is 127. The minimum absolute atomic E-state index is 0. The molecule has 0 saturated heterocycles. The van der Waals surface area contributed by atoms with Gasteiger partial charge in [-0.2, -0.15) is 11.8 Å². The number of benzene rings is 2. The summed E-state index contributed by atoms with van der Waals surface area (Å²) in [6, 6.07) is 13.4. The molecule has 0 aliphatic heterocycles. The number of aliphatic imine (C=N–C) groups is 1.